The van der Waals surface area contributed by atoms with Crippen LogP contribution in [0.5, 0.6) is 0 Å². The van der Waals surface area contributed by atoms with Crippen LogP contribution in [0.1, 0.15) is 28.5 Å². The topological polar surface area (TPSA) is 99.9 Å². The van der Waals surface area contributed by atoms with Gasteiger partial charge in [-0.2, -0.15) is 4.31 Å². The number of hydrogen-bond acceptors (Lipinski definition) is 5. The molecule has 0 bridgehead atoms. The molecule has 0 unspecified atom stereocenters. The molecule has 8 nitrogen and oxygen atoms in total. The molecular weight excluding hydrogens is 514 g/mol. The number of carbonyl (C=O) groups is 2. The number of amides is 2. The molecule has 0 radical (unpaired) electrons. The molecule has 0 saturated carbocycles. The summed E-state index contributed by atoms with van der Waals surface area (Å²) in [4.78, 5) is 29.1. The average Bonchev–Trinajstić information content (AvgIpc) is 3.46. The van der Waals surface area contributed by atoms with Crippen molar-refractivity contribution in [3.05, 3.63) is 132 Å². The van der Waals surface area contributed by atoms with Crippen LogP contribution >= 0.6 is 0 Å². The van der Waals surface area contributed by atoms with Gasteiger partial charge in [0.25, 0.3) is 0 Å². The molecule has 0 aliphatic heterocycles. The lowest BCUT2D eigenvalue weighted by molar-refractivity contribution is -0.142. The van der Waals surface area contributed by atoms with E-state index >= 15 is 0 Å². The van der Waals surface area contributed by atoms with Crippen LogP contribution in [0.15, 0.2) is 114 Å². The largest absolute Gasteiger partial charge is 0.467 e. The summed E-state index contributed by atoms with van der Waals surface area (Å²) >= 11 is 0. The molecule has 2 amide bonds. The van der Waals surface area contributed by atoms with Gasteiger partial charge in [0.05, 0.1) is 25.6 Å². The van der Waals surface area contributed by atoms with E-state index in [1.807, 2.05) is 54.6 Å². The zero-order valence-electron chi connectivity index (χ0n) is 21.6. The fourth-order valence-corrected chi connectivity index (χ4v) is 4.94. The van der Waals surface area contributed by atoms with E-state index in [1.165, 1.54) is 11.2 Å². The van der Waals surface area contributed by atoms with E-state index in [2.05, 4.69) is 5.32 Å². The Morgan fingerprint density at radius 1 is 0.795 bits per heavy atom. The Hall–Kier alpha value is -4.21. The third-order valence-corrected chi connectivity index (χ3v) is 7.39. The van der Waals surface area contributed by atoms with Gasteiger partial charge in [-0.3, -0.25) is 9.59 Å². The van der Waals surface area contributed by atoms with Crippen molar-refractivity contribution in [2.75, 3.05) is 12.8 Å². The zero-order valence-corrected chi connectivity index (χ0v) is 22.5. The Morgan fingerprint density at radius 3 is 1.90 bits per heavy atom. The number of rotatable bonds is 12. The number of carbonyl (C=O) groups excluding carboxylic acids is 2. The predicted octanol–water partition coefficient (Wildman–Crippen LogP) is 4.13. The SMILES string of the molecule is CS(=O)(=O)N(CC(=O)N(Cc1ccccc1)[C@H](C(=O)NCc1ccco1)c1ccccc1)Cc1ccccc1. The summed E-state index contributed by atoms with van der Waals surface area (Å²) < 4.78 is 31.9. The molecule has 4 rings (SSSR count). The van der Waals surface area contributed by atoms with E-state index in [4.69, 9.17) is 4.42 Å². The summed E-state index contributed by atoms with van der Waals surface area (Å²) in [5, 5.41) is 2.87. The lowest BCUT2D eigenvalue weighted by Gasteiger charge is -2.33. The second-order valence-electron chi connectivity index (χ2n) is 9.13. The Kier molecular flexibility index (Phi) is 9.30. The van der Waals surface area contributed by atoms with Gasteiger partial charge >= 0.3 is 0 Å². The molecule has 0 aliphatic rings. The van der Waals surface area contributed by atoms with E-state index in [-0.39, 0.29) is 19.6 Å². The molecule has 0 fully saturated rings. The molecule has 1 N–H and O–H groups in total. The van der Waals surface area contributed by atoms with Crippen molar-refractivity contribution < 1.29 is 22.4 Å². The molecular formula is C30H31N3O5S. The summed E-state index contributed by atoms with van der Waals surface area (Å²) in [6, 6.07) is 29.8. The lowest BCUT2D eigenvalue weighted by atomic mass is 10.0. The summed E-state index contributed by atoms with van der Waals surface area (Å²) in [7, 11) is -3.74. The zero-order chi connectivity index (χ0) is 27.7. The summed E-state index contributed by atoms with van der Waals surface area (Å²) in [5.41, 5.74) is 2.16. The molecule has 1 heterocycles. The molecule has 0 saturated heterocycles. The van der Waals surface area contributed by atoms with Gasteiger partial charge in [-0.25, -0.2) is 8.42 Å². The predicted molar refractivity (Wildman–Crippen MR) is 148 cm³/mol. The van der Waals surface area contributed by atoms with E-state index in [0.717, 1.165) is 21.7 Å². The van der Waals surface area contributed by atoms with Gasteiger partial charge in [0.2, 0.25) is 21.8 Å². The highest BCUT2D eigenvalue weighted by Gasteiger charge is 2.33. The van der Waals surface area contributed by atoms with Gasteiger partial charge in [0, 0.05) is 13.1 Å². The van der Waals surface area contributed by atoms with Crippen LogP contribution in [-0.2, 0) is 39.2 Å². The molecule has 39 heavy (non-hydrogen) atoms. The average molecular weight is 546 g/mol. The van der Waals surface area contributed by atoms with Gasteiger partial charge in [-0.15, -0.1) is 0 Å². The number of nitrogens with zero attached hydrogens (tertiary/aromatic N) is 2. The minimum Gasteiger partial charge on any atom is -0.467 e. The maximum Gasteiger partial charge on any atom is 0.247 e. The summed E-state index contributed by atoms with van der Waals surface area (Å²) in [6.07, 6.45) is 2.60. The van der Waals surface area contributed by atoms with Crippen LogP contribution in [-0.4, -0.2) is 42.2 Å². The van der Waals surface area contributed by atoms with E-state index < -0.39 is 34.4 Å². The second kappa shape index (κ2) is 13.0. The van der Waals surface area contributed by atoms with Gasteiger partial charge < -0.3 is 14.6 Å². The maximum absolute atomic E-state index is 14.0. The first-order valence-electron chi connectivity index (χ1n) is 12.5. The summed E-state index contributed by atoms with van der Waals surface area (Å²) in [5.74, 6) is -0.333. The highest BCUT2D eigenvalue weighted by molar-refractivity contribution is 7.88. The van der Waals surface area contributed by atoms with Crippen molar-refractivity contribution in [3.8, 4) is 0 Å². The number of sulfonamides is 1. The molecule has 4 aromatic rings. The smallest absolute Gasteiger partial charge is 0.247 e. The Balaban J connectivity index is 1.68. The standard InChI is InChI=1S/C30H31N3O5S/c1-39(36,37)32(21-24-12-5-2-6-13-24)23-28(34)33(22-25-14-7-3-8-15-25)29(26-16-9-4-10-17-26)30(35)31-20-27-18-11-19-38-27/h2-19,29H,20-23H2,1H3,(H,31,35)/t29-/m0/s1. The minimum atomic E-state index is -3.74. The van der Waals surface area contributed by atoms with Crippen molar-refractivity contribution in [3.63, 3.8) is 0 Å². The van der Waals surface area contributed by atoms with E-state index in [1.54, 1.807) is 48.5 Å². The first kappa shape index (κ1) is 27.8. The van der Waals surface area contributed by atoms with Crippen molar-refractivity contribution >= 4 is 21.8 Å². The van der Waals surface area contributed by atoms with Crippen LogP contribution in [0, 0.1) is 0 Å². The van der Waals surface area contributed by atoms with Gasteiger partial charge in [0.15, 0.2) is 0 Å². The Labute approximate surface area is 228 Å². The molecule has 0 aliphatic carbocycles. The monoisotopic (exact) mass is 545 g/mol. The van der Waals surface area contributed by atoms with E-state index in [0.29, 0.717) is 11.3 Å². The lowest BCUT2D eigenvalue weighted by Crippen LogP contribution is -2.47. The fraction of sp³-hybridized carbons (Fsp3) is 0.200. The molecule has 3 aromatic carbocycles. The third-order valence-electron chi connectivity index (χ3n) is 6.19. The highest BCUT2D eigenvalue weighted by Crippen LogP contribution is 2.25. The minimum absolute atomic E-state index is 0.0330. The normalized spacial score (nSPS) is 12.2. The molecule has 0 spiro atoms. The maximum atomic E-state index is 14.0. The Bertz CT molecular complexity index is 1440. The highest BCUT2D eigenvalue weighted by atomic mass is 32.2. The van der Waals surface area contributed by atoms with Crippen LogP contribution in [0.4, 0.5) is 0 Å². The van der Waals surface area contributed by atoms with Gasteiger partial charge in [-0.05, 0) is 28.8 Å². The van der Waals surface area contributed by atoms with Crippen molar-refractivity contribution in [2.45, 2.75) is 25.7 Å². The number of furan rings is 1. The van der Waals surface area contributed by atoms with Crippen LogP contribution in [0.2, 0.25) is 0 Å². The number of nitrogens with one attached hydrogen (secondary N) is 1. The number of benzene rings is 3. The third kappa shape index (κ3) is 7.89. The van der Waals surface area contributed by atoms with Crippen molar-refractivity contribution in [1.82, 2.24) is 14.5 Å². The van der Waals surface area contributed by atoms with Crippen LogP contribution in [0.3, 0.4) is 0 Å². The van der Waals surface area contributed by atoms with Crippen molar-refractivity contribution in [1.29, 1.82) is 0 Å². The fourth-order valence-electron chi connectivity index (χ4n) is 4.21. The quantitative estimate of drug-likeness (QED) is 0.289. The second-order valence-corrected chi connectivity index (χ2v) is 11.1. The van der Waals surface area contributed by atoms with E-state index in [9.17, 15) is 18.0 Å². The molecule has 9 heteroatoms. The first-order valence-corrected chi connectivity index (χ1v) is 14.3. The summed E-state index contributed by atoms with van der Waals surface area (Å²) in [6.45, 7) is -0.136. The van der Waals surface area contributed by atoms with Crippen LogP contribution < -0.4 is 5.32 Å². The van der Waals surface area contributed by atoms with Crippen LogP contribution in [0.25, 0.3) is 0 Å². The molecule has 202 valence electrons. The van der Waals surface area contributed by atoms with Gasteiger partial charge in [-0.1, -0.05) is 91.0 Å². The first-order chi connectivity index (χ1) is 18.8. The molecule has 1 atom stereocenters. The Morgan fingerprint density at radius 2 is 1.36 bits per heavy atom. The molecule has 1 aromatic heterocycles. The van der Waals surface area contributed by atoms with Crippen molar-refractivity contribution in [2.24, 2.45) is 0 Å². The van der Waals surface area contributed by atoms with Gasteiger partial charge in [0.1, 0.15) is 11.8 Å². The number of hydrogen-bond donors (Lipinski definition) is 1.